The Hall–Kier alpha value is -2.31. The van der Waals surface area contributed by atoms with E-state index < -0.39 is 0 Å². The highest BCUT2D eigenvalue weighted by Gasteiger charge is 2.11. The number of ether oxygens (including phenoxy) is 2. The predicted molar refractivity (Wildman–Crippen MR) is 111 cm³/mol. The number of anilines is 1. The van der Waals surface area contributed by atoms with Crippen LogP contribution < -0.4 is 14.8 Å². The van der Waals surface area contributed by atoms with E-state index in [0.29, 0.717) is 23.8 Å². The maximum atomic E-state index is 9.13. The van der Waals surface area contributed by atoms with Crippen molar-refractivity contribution in [2.45, 2.75) is 26.2 Å². The fourth-order valence-electron chi connectivity index (χ4n) is 2.92. The van der Waals surface area contributed by atoms with Gasteiger partial charge in [-0.05, 0) is 57.0 Å². The summed E-state index contributed by atoms with van der Waals surface area (Å²) in [6.07, 6.45) is 6.79. The molecule has 0 aromatic heterocycles. The standard InChI is InChI=1S/C21H31N3O3/c1-4-18(16-25)15-22-17(2)23-19-8-9-20(26-3)21(14-19)27-13-7-12-24-10-5-6-11-24/h4,8-9,14-15,25H,1,5-7,10-13,16H2,2-3H3,(H,22,23)/b18-15+. The molecule has 1 aromatic carbocycles. The molecule has 6 heteroatoms. The zero-order chi connectivity index (χ0) is 19.5. The number of aliphatic imine (C=N–C) groups is 1. The van der Waals surface area contributed by atoms with Gasteiger partial charge < -0.3 is 24.8 Å². The van der Waals surface area contributed by atoms with Crippen molar-refractivity contribution in [3.63, 3.8) is 0 Å². The number of likely N-dealkylation sites (tertiary alicyclic amines) is 1. The van der Waals surface area contributed by atoms with Crippen molar-refractivity contribution in [2.75, 3.05) is 45.3 Å². The summed E-state index contributed by atoms with van der Waals surface area (Å²) >= 11 is 0. The average molecular weight is 373 g/mol. The Morgan fingerprint density at radius 1 is 1.33 bits per heavy atom. The molecule has 1 fully saturated rings. The van der Waals surface area contributed by atoms with E-state index in [2.05, 4.69) is 21.8 Å². The third-order valence-electron chi connectivity index (χ3n) is 4.43. The number of hydrogen-bond acceptors (Lipinski definition) is 5. The van der Waals surface area contributed by atoms with Gasteiger partial charge in [0.05, 0.1) is 20.3 Å². The van der Waals surface area contributed by atoms with E-state index in [1.165, 1.54) is 25.9 Å². The Morgan fingerprint density at radius 3 is 2.78 bits per heavy atom. The molecule has 0 unspecified atom stereocenters. The van der Waals surface area contributed by atoms with Crippen LogP contribution in [-0.2, 0) is 0 Å². The minimum absolute atomic E-state index is 0.0851. The van der Waals surface area contributed by atoms with Crippen molar-refractivity contribution >= 4 is 11.5 Å². The molecule has 6 nitrogen and oxygen atoms in total. The first-order chi connectivity index (χ1) is 13.2. The zero-order valence-electron chi connectivity index (χ0n) is 16.4. The van der Waals surface area contributed by atoms with Crippen LogP contribution in [0.4, 0.5) is 5.69 Å². The number of benzene rings is 1. The van der Waals surface area contributed by atoms with Crippen LogP contribution >= 0.6 is 0 Å². The number of nitrogens with zero attached hydrogens (tertiary/aromatic N) is 2. The second kappa shape index (κ2) is 11.4. The molecule has 1 heterocycles. The smallest absolute Gasteiger partial charge is 0.163 e. The van der Waals surface area contributed by atoms with E-state index in [1.54, 1.807) is 19.4 Å². The fraction of sp³-hybridized carbons (Fsp3) is 0.476. The molecule has 2 rings (SSSR count). The minimum atomic E-state index is -0.0851. The molecule has 0 bridgehead atoms. The Balaban J connectivity index is 1.93. The van der Waals surface area contributed by atoms with Crippen molar-refractivity contribution in [1.82, 2.24) is 4.90 Å². The number of aliphatic hydroxyl groups is 1. The fourth-order valence-corrected chi connectivity index (χ4v) is 2.92. The summed E-state index contributed by atoms with van der Waals surface area (Å²) in [5.41, 5.74) is 1.53. The van der Waals surface area contributed by atoms with Crippen molar-refractivity contribution < 1.29 is 14.6 Å². The molecule has 0 aliphatic carbocycles. The van der Waals surface area contributed by atoms with E-state index in [4.69, 9.17) is 14.6 Å². The summed E-state index contributed by atoms with van der Waals surface area (Å²) in [5, 5.41) is 12.4. The molecule has 0 saturated carbocycles. The normalized spacial score (nSPS) is 15.7. The maximum Gasteiger partial charge on any atom is 0.163 e. The molecule has 1 aromatic rings. The Kier molecular flexibility index (Phi) is 8.87. The van der Waals surface area contributed by atoms with E-state index in [0.717, 1.165) is 24.4 Å². The molecule has 0 radical (unpaired) electrons. The zero-order valence-corrected chi connectivity index (χ0v) is 16.4. The van der Waals surface area contributed by atoms with Gasteiger partial charge in [-0.2, -0.15) is 0 Å². The lowest BCUT2D eigenvalue weighted by Crippen LogP contribution is -2.22. The van der Waals surface area contributed by atoms with E-state index in [9.17, 15) is 0 Å². The predicted octanol–water partition coefficient (Wildman–Crippen LogP) is 3.45. The van der Waals surface area contributed by atoms with Crippen LogP contribution in [0.3, 0.4) is 0 Å². The number of aliphatic hydroxyl groups excluding tert-OH is 1. The van der Waals surface area contributed by atoms with Crippen molar-refractivity contribution in [2.24, 2.45) is 4.99 Å². The molecule has 1 saturated heterocycles. The molecule has 0 atom stereocenters. The number of hydrogen-bond donors (Lipinski definition) is 2. The van der Waals surface area contributed by atoms with Crippen LogP contribution in [0.25, 0.3) is 0 Å². The topological polar surface area (TPSA) is 66.3 Å². The summed E-state index contributed by atoms with van der Waals surface area (Å²) < 4.78 is 11.4. The van der Waals surface area contributed by atoms with Crippen molar-refractivity contribution in [1.29, 1.82) is 0 Å². The molecule has 148 valence electrons. The highest BCUT2D eigenvalue weighted by atomic mass is 16.5. The van der Waals surface area contributed by atoms with Crippen LogP contribution in [-0.4, -0.2) is 55.8 Å². The van der Waals surface area contributed by atoms with Gasteiger partial charge in [-0.15, -0.1) is 0 Å². The molecule has 2 N–H and O–H groups in total. The number of rotatable bonds is 10. The van der Waals surface area contributed by atoms with Gasteiger partial charge in [0.15, 0.2) is 11.5 Å². The first-order valence-corrected chi connectivity index (χ1v) is 9.43. The Bertz CT molecular complexity index is 665. The number of nitrogens with one attached hydrogen (secondary N) is 1. The quantitative estimate of drug-likeness (QED) is 0.285. The van der Waals surface area contributed by atoms with Crippen LogP contribution in [0, 0.1) is 0 Å². The molecular formula is C21H31N3O3. The number of amidine groups is 1. The summed E-state index contributed by atoms with van der Waals surface area (Å²) in [4.78, 5) is 6.77. The first kappa shape index (κ1) is 21.0. The third-order valence-corrected chi connectivity index (χ3v) is 4.43. The van der Waals surface area contributed by atoms with Gasteiger partial charge in [-0.25, -0.2) is 4.99 Å². The summed E-state index contributed by atoms with van der Waals surface area (Å²) in [6.45, 7) is 9.56. The Labute approximate surface area is 162 Å². The van der Waals surface area contributed by atoms with Crippen molar-refractivity contribution in [3.8, 4) is 11.5 Å². The van der Waals surface area contributed by atoms with Crippen LogP contribution in [0.5, 0.6) is 11.5 Å². The lowest BCUT2D eigenvalue weighted by atomic mass is 10.2. The highest BCUT2D eigenvalue weighted by molar-refractivity contribution is 5.94. The van der Waals surface area contributed by atoms with Gasteiger partial charge in [0.2, 0.25) is 0 Å². The van der Waals surface area contributed by atoms with Gasteiger partial charge in [0, 0.05) is 24.5 Å². The third kappa shape index (κ3) is 7.07. The van der Waals surface area contributed by atoms with E-state index in [1.807, 2.05) is 25.1 Å². The van der Waals surface area contributed by atoms with Gasteiger partial charge in [-0.1, -0.05) is 12.7 Å². The SMILES string of the molecule is C=C/C(=C\N=C(C)Nc1ccc(OC)c(OCCCN2CCCC2)c1)CO. The molecule has 0 amide bonds. The first-order valence-electron chi connectivity index (χ1n) is 9.43. The summed E-state index contributed by atoms with van der Waals surface area (Å²) in [6, 6.07) is 5.71. The van der Waals surface area contributed by atoms with Crippen LogP contribution in [0.1, 0.15) is 26.2 Å². The van der Waals surface area contributed by atoms with E-state index in [-0.39, 0.29) is 6.61 Å². The number of methoxy groups -OCH3 is 1. The average Bonchev–Trinajstić information content (AvgIpc) is 3.20. The van der Waals surface area contributed by atoms with Gasteiger partial charge >= 0.3 is 0 Å². The molecule has 1 aliphatic rings. The maximum absolute atomic E-state index is 9.13. The highest BCUT2D eigenvalue weighted by Crippen LogP contribution is 2.30. The Morgan fingerprint density at radius 2 is 2.11 bits per heavy atom. The minimum Gasteiger partial charge on any atom is -0.493 e. The molecule has 1 aliphatic heterocycles. The van der Waals surface area contributed by atoms with Crippen LogP contribution in [0.2, 0.25) is 0 Å². The molecule has 27 heavy (non-hydrogen) atoms. The van der Waals surface area contributed by atoms with Gasteiger partial charge in [-0.3, -0.25) is 0 Å². The molecular weight excluding hydrogens is 342 g/mol. The van der Waals surface area contributed by atoms with Crippen LogP contribution in [0.15, 0.2) is 47.6 Å². The second-order valence-corrected chi connectivity index (χ2v) is 6.52. The van der Waals surface area contributed by atoms with Gasteiger partial charge in [0.25, 0.3) is 0 Å². The van der Waals surface area contributed by atoms with E-state index >= 15 is 0 Å². The largest absolute Gasteiger partial charge is 0.493 e. The lowest BCUT2D eigenvalue weighted by Gasteiger charge is -2.16. The summed E-state index contributed by atoms with van der Waals surface area (Å²) in [5.74, 6) is 2.13. The monoisotopic (exact) mass is 373 g/mol. The lowest BCUT2D eigenvalue weighted by molar-refractivity contribution is 0.254. The second-order valence-electron chi connectivity index (χ2n) is 6.52. The molecule has 0 spiro atoms. The van der Waals surface area contributed by atoms with Crippen molar-refractivity contribution in [3.05, 3.63) is 42.6 Å². The summed E-state index contributed by atoms with van der Waals surface area (Å²) in [7, 11) is 1.64. The van der Waals surface area contributed by atoms with Gasteiger partial charge in [0.1, 0.15) is 5.84 Å².